The Balaban J connectivity index is 2.70. The summed E-state index contributed by atoms with van der Waals surface area (Å²) in [4.78, 5) is 11.1. The average molecular weight is 262 g/mol. The largest absolute Gasteiger partial charge is 0.493 e. The molecular weight excluding hydrogens is 251 g/mol. The SMILES string of the molecule is COc1c(C(=O)O)nnc(C)c1-c1ccc(F)cc1. The topological polar surface area (TPSA) is 72.3 Å². The van der Waals surface area contributed by atoms with Gasteiger partial charge in [0, 0.05) is 5.56 Å². The molecule has 0 saturated carbocycles. The van der Waals surface area contributed by atoms with Gasteiger partial charge in [-0.3, -0.25) is 0 Å². The Labute approximate surface area is 108 Å². The van der Waals surface area contributed by atoms with Gasteiger partial charge in [-0.15, -0.1) is 5.10 Å². The number of rotatable bonds is 3. The first-order valence-corrected chi connectivity index (χ1v) is 5.45. The fourth-order valence-corrected chi connectivity index (χ4v) is 1.80. The second kappa shape index (κ2) is 5.01. The molecule has 0 fully saturated rings. The van der Waals surface area contributed by atoms with Crippen molar-refractivity contribution in [1.82, 2.24) is 10.2 Å². The van der Waals surface area contributed by atoms with Gasteiger partial charge in [0.1, 0.15) is 5.82 Å². The quantitative estimate of drug-likeness (QED) is 0.918. The lowest BCUT2D eigenvalue weighted by Crippen LogP contribution is -2.08. The molecule has 5 nitrogen and oxygen atoms in total. The van der Waals surface area contributed by atoms with Crippen LogP contribution in [0.4, 0.5) is 4.39 Å². The summed E-state index contributed by atoms with van der Waals surface area (Å²) in [5, 5.41) is 16.5. The van der Waals surface area contributed by atoms with Gasteiger partial charge in [0.15, 0.2) is 5.75 Å². The molecule has 0 saturated heterocycles. The Kier molecular flexibility index (Phi) is 3.41. The molecule has 0 amide bonds. The van der Waals surface area contributed by atoms with E-state index >= 15 is 0 Å². The molecule has 0 aliphatic carbocycles. The van der Waals surface area contributed by atoms with E-state index in [9.17, 15) is 9.18 Å². The maximum absolute atomic E-state index is 12.9. The maximum Gasteiger partial charge on any atom is 0.360 e. The molecule has 2 rings (SSSR count). The van der Waals surface area contributed by atoms with Crippen LogP contribution in [0.15, 0.2) is 24.3 Å². The summed E-state index contributed by atoms with van der Waals surface area (Å²) in [5.41, 5.74) is 1.35. The Morgan fingerprint density at radius 1 is 1.26 bits per heavy atom. The van der Waals surface area contributed by atoms with Crippen molar-refractivity contribution in [3.63, 3.8) is 0 Å². The van der Waals surface area contributed by atoms with Crippen molar-refractivity contribution in [2.75, 3.05) is 7.11 Å². The van der Waals surface area contributed by atoms with E-state index in [-0.39, 0.29) is 17.3 Å². The fourth-order valence-electron chi connectivity index (χ4n) is 1.80. The normalized spacial score (nSPS) is 10.3. The molecule has 6 heteroatoms. The number of carbonyl (C=O) groups is 1. The summed E-state index contributed by atoms with van der Waals surface area (Å²) >= 11 is 0. The first-order valence-electron chi connectivity index (χ1n) is 5.45. The van der Waals surface area contributed by atoms with Gasteiger partial charge in [-0.1, -0.05) is 12.1 Å². The van der Waals surface area contributed by atoms with Crippen LogP contribution in [-0.4, -0.2) is 28.4 Å². The Bertz CT molecular complexity index is 627. The van der Waals surface area contributed by atoms with Crippen LogP contribution in [0, 0.1) is 12.7 Å². The lowest BCUT2D eigenvalue weighted by atomic mass is 10.0. The molecule has 0 aliphatic rings. The van der Waals surface area contributed by atoms with Crippen molar-refractivity contribution in [2.24, 2.45) is 0 Å². The molecular formula is C13H11FN2O3. The summed E-state index contributed by atoms with van der Waals surface area (Å²) in [6, 6.07) is 5.64. The van der Waals surface area contributed by atoms with Crippen molar-refractivity contribution < 1.29 is 19.0 Å². The number of benzene rings is 1. The molecule has 0 unspecified atom stereocenters. The zero-order chi connectivity index (χ0) is 14.0. The lowest BCUT2D eigenvalue weighted by Gasteiger charge is -2.12. The highest BCUT2D eigenvalue weighted by Gasteiger charge is 2.21. The molecule has 98 valence electrons. The monoisotopic (exact) mass is 262 g/mol. The second-order valence-corrected chi connectivity index (χ2v) is 3.85. The Hall–Kier alpha value is -2.50. The molecule has 0 aliphatic heterocycles. The number of aromatic nitrogens is 2. The second-order valence-electron chi connectivity index (χ2n) is 3.85. The standard InChI is InChI=1S/C13H11FN2O3/c1-7-10(8-3-5-9(14)6-4-8)12(19-2)11(13(17)18)16-15-7/h3-6H,1-2H3,(H,17,18). The van der Waals surface area contributed by atoms with Crippen LogP contribution in [0.2, 0.25) is 0 Å². The zero-order valence-electron chi connectivity index (χ0n) is 10.3. The number of halogens is 1. The minimum atomic E-state index is -1.23. The van der Waals surface area contributed by atoms with Gasteiger partial charge in [-0.05, 0) is 24.6 Å². The minimum absolute atomic E-state index is 0.117. The average Bonchev–Trinajstić information content (AvgIpc) is 2.39. The number of aromatic carboxylic acids is 1. The molecule has 1 aromatic carbocycles. The van der Waals surface area contributed by atoms with E-state index in [0.717, 1.165) is 0 Å². The first-order chi connectivity index (χ1) is 9.04. The lowest BCUT2D eigenvalue weighted by molar-refractivity contribution is 0.0685. The molecule has 1 heterocycles. The van der Waals surface area contributed by atoms with Crippen molar-refractivity contribution in [3.8, 4) is 16.9 Å². The van der Waals surface area contributed by atoms with Crippen LogP contribution in [-0.2, 0) is 0 Å². The summed E-state index contributed by atoms with van der Waals surface area (Å²) in [6.07, 6.45) is 0. The number of ether oxygens (including phenoxy) is 1. The summed E-state index contributed by atoms with van der Waals surface area (Å²) in [6.45, 7) is 1.68. The third kappa shape index (κ3) is 2.37. The number of hydrogen-bond acceptors (Lipinski definition) is 4. The van der Waals surface area contributed by atoms with E-state index in [1.807, 2.05) is 0 Å². The van der Waals surface area contributed by atoms with Crippen LogP contribution < -0.4 is 4.74 Å². The highest BCUT2D eigenvalue weighted by atomic mass is 19.1. The summed E-state index contributed by atoms with van der Waals surface area (Å²) < 4.78 is 18.1. The predicted molar refractivity (Wildman–Crippen MR) is 65.7 cm³/mol. The van der Waals surface area contributed by atoms with E-state index < -0.39 is 5.97 Å². The summed E-state index contributed by atoms with van der Waals surface area (Å²) in [5.74, 6) is -1.49. The van der Waals surface area contributed by atoms with Crippen LogP contribution in [0.5, 0.6) is 5.75 Å². The number of carboxylic acid groups (broad SMARTS) is 1. The number of hydrogen-bond donors (Lipinski definition) is 1. The van der Waals surface area contributed by atoms with Crippen molar-refractivity contribution >= 4 is 5.97 Å². The van der Waals surface area contributed by atoms with Gasteiger partial charge in [0.05, 0.1) is 12.8 Å². The molecule has 0 spiro atoms. The van der Waals surface area contributed by atoms with Crippen molar-refractivity contribution in [3.05, 3.63) is 41.5 Å². The summed E-state index contributed by atoms with van der Waals surface area (Å²) in [7, 11) is 1.36. The highest BCUT2D eigenvalue weighted by molar-refractivity contribution is 5.92. The third-order valence-electron chi connectivity index (χ3n) is 2.64. The van der Waals surface area contributed by atoms with Gasteiger partial charge in [-0.2, -0.15) is 5.10 Å². The van der Waals surface area contributed by atoms with Gasteiger partial charge in [0.2, 0.25) is 5.69 Å². The predicted octanol–water partition coefficient (Wildman–Crippen LogP) is 2.30. The molecule has 1 N–H and O–H groups in total. The van der Waals surface area contributed by atoms with Crippen LogP contribution >= 0.6 is 0 Å². The third-order valence-corrected chi connectivity index (χ3v) is 2.64. The van der Waals surface area contributed by atoms with Crippen LogP contribution in [0.3, 0.4) is 0 Å². The van der Waals surface area contributed by atoms with Crippen LogP contribution in [0.1, 0.15) is 16.2 Å². The molecule has 1 aromatic heterocycles. The van der Waals surface area contributed by atoms with Gasteiger partial charge >= 0.3 is 5.97 Å². The molecule has 2 aromatic rings. The van der Waals surface area contributed by atoms with E-state index in [4.69, 9.17) is 9.84 Å². The first kappa shape index (κ1) is 12.9. The molecule has 19 heavy (non-hydrogen) atoms. The Morgan fingerprint density at radius 2 is 1.89 bits per heavy atom. The zero-order valence-corrected chi connectivity index (χ0v) is 10.3. The minimum Gasteiger partial charge on any atom is -0.493 e. The number of carboxylic acids is 1. The van der Waals surface area contributed by atoms with Crippen LogP contribution in [0.25, 0.3) is 11.1 Å². The number of nitrogens with zero attached hydrogens (tertiary/aromatic N) is 2. The number of methoxy groups -OCH3 is 1. The van der Waals surface area contributed by atoms with E-state index in [2.05, 4.69) is 10.2 Å². The van der Waals surface area contributed by atoms with Crippen molar-refractivity contribution in [2.45, 2.75) is 6.92 Å². The molecule has 0 atom stereocenters. The van der Waals surface area contributed by atoms with E-state index in [1.165, 1.54) is 31.4 Å². The Morgan fingerprint density at radius 3 is 2.42 bits per heavy atom. The molecule has 0 bridgehead atoms. The molecule has 0 radical (unpaired) electrons. The number of aryl methyl sites for hydroxylation is 1. The van der Waals surface area contributed by atoms with E-state index in [1.54, 1.807) is 6.92 Å². The fraction of sp³-hybridized carbons (Fsp3) is 0.154. The van der Waals surface area contributed by atoms with Crippen molar-refractivity contribution in [1.29, 1.82) is 0 Å². The van der Waals surface area contributed by atoms with E-state index in [0.29, 0.717) is 16.8 Å². The smallest absolute Gasteiger partial charge is 0.360 e. The highest BCUT2D eigenvalue weighted by Crippen LogP contribution is 2.33. The van der Waals surface area contributed by atoms with Gasteiger partial charge in [-0.25, -0.2) is 9.18 Å². The van der Waals surface area contributed by atoms with Gasteiger partial charge in [0.25, 0.3) is 0 Å². The van der Waals surface area contributed by atoms with Gasteiger partial charge < -0.3 is 9.84 Å². The maximum atomic E-state index is 12.9.